The molecule has 5 nitrogen and oxygen atoms in total. The second kappa shape index (κ2) is 8.36. The van der Waals surface area contributed by atoms with Crippen LogP contribution in [-0.2, 0) is 0 Å². The molecule has 1 saturated heterocycles. The SMILES string of the molecule is COc1cc(-c2ccc(C(=O)NCCN3CCCCC3)s2)ccc1O. The van der Waals surface area contributed by atoms with Gasteiger partial charge in [-0.2, -0.15) is 0 Å². The normalized spacial score (nSPS) is 15.1. The summed E-state index contributed by atoms with van der Waals surface area (Å²) < 4.78 is 5.14. The maximum atomic E-state index is 12.3. The van der Waals surface area contributed by atoms with Gasteiger partial charge in [-0.15, -0.1) is 11.3 Å². The number of rotatable bonds is 6. The van der Waals surface area contributed by atoms with Gasteiger partial charge in [0.1, 0.15) is 0 Å². The molecule has 1 fully saturated rings. The first kappa shape index (κ1) is 17.8. The highest BCUT2D eigenvalue weighted by Gasteiger charge is 2.13. The number of likely N-dealkylation sites (tertiary alicyclic amines) is 1. The number of phenolic OH excluding ortho intramolecular Hbond substituents is 1. The van der Waals surface area contributed by atoms with E-state index in [-0.39, 0.29) is 11.7 Å². The first-order valence-electron chi connectivity index (χ1n) is 8.65. The highest BCUT2D eigenvalue weighted by Crippen LogP contribution is 2.34. The molecule has 25 heavy (non-hydrogen) atoms. The number of carbonyl (C=O) groups excluding carboxylic acids is 1. The fraction of sp³-hybridized carbons (Fsp3) is 0.421. The lowest BCUT2D eigenvalue weighted by Gasteiger charge is -2.26. The van der Waals surface area contributed by atoms with E-state index in [1.54, 1.807) is 12.1 Å². The number of nitrogens with zero attached hydrogens (tertiary/aromatic N) is 1. The molecule has 3 rings (SSSR count). The quantitative estimate of drug-likeness (QED) is 0.829. The molecule has 6 heteroatoms. The van der Waals surface area contributed by atoms with Gasteiger partial charge in [0.2, 0.25) is 0 Å². The van der Waals surface area contributed by atoms with Gasteiger partial charge in [-0.25, -0.2) is 0 Å². The Hall–Kier alpha value is -2.05. The van der Waals surface area contributed by atoms with Gasteiger partial charge in [0.25, 0.3) is 5.91 Å². The van der Waals surface area contributed by atoms with E-state index in [9.17, 15) is 9.90 Å². The van der Waals surface area contributed by atoms with Gasteiger partial charge in [0.15, 0.2) is 11.5 Å². The Balaban J connectivity index is 1.57. The van der Waals surface area contributed by atoms with Crippen molar-refractivity contribution < 1.29 is 14.6 Å². The minimum Gasteiger partial charge on any atom is -0.504 e. The molecule has 0 radical (unpaired) electrons. The van der Waals surface area contributed by atoms with E-state index in [1.165, 1.54) is 37.7 Å². The van der Waals surface area contributed by atoms with Crippen LogP contribution >= 0.6 is 11.3 Å². The Bertz CT molecular complexity index is 723. The van der Waals surface area contributed by atoms with Crippen molar-refractivity contribution in [3.8, 4) is 21.9 Å². The number of hydrogen-bond donors (Lipinski definition) is 2. The van der Waals surface area contributed by atoms with E-state index in [2.05, 4.69) is 10.2 Å². The largest absolute Gasteiger partial charge is 0.504 e. The summed E-state index contributed by atoms with van der Waals surface area (Å²) in [5, 5.41) is 12.7. The van der Waals surface area contributed by atoms with E-state index in [0.29, 0.717) is 17.2 Å². The van der Waals surface area contributed by atoms with Crippen molar-refractivity contribution >= 4 is 17.2 Å². The van der Waals surface area contributed by atoms with Crippen LogP contribution in [0.2, 0.25) is 0 Å². The van der Waals surface area contributed by atoms with Gasteiger partial charge >= 0.3 is 0 Å². The minimum atomic E-state index is -0.0287. The molecule has 0 saturated carbocycles. The highest BCUT2D eigenvalue weighted by molar-refractivity contribution is 7.17. The van der Waals surface area contributed by atoms with Crippen LogP contribution < -0.4 is 10.1 Å². The lowest BCUT2D eigenvalue weighted by Crippen LogP contribution is -2.37. The number of hydrogen-bond acceptors (Lipinski definition) is 5. The smallest absolute Gasteiger partial charge is 0.261 e. The molecule has 2 aromatic rings. The summed E-state index contributed by atoms with van der Waals surface area (Å²) in [5.41, 5.74) is 0.923. The van der Waals surface area contributed by atoms with E-state index in [0.717, 1.165) is 30.1 Å². The van der Waals surface area contributed by atoms with Crippen LogP contribution in [0.25, 0.3) is 10.4 Å². The van der Waals surface area contributed by atoms with Crippen molar-refractivity contribution in [3.63, 3.8) is 0 Å². The first-order chi connectivity index (χ1) is 12.2. The van der Waals surface area contributed by atoms with Crippen molar-refractivity contribution in [1.82, 2.24) is 10.2 Å². The average molecular weight is 360 g/mol. The molecule has 1 aliphatic rings. The van der Waals surface area contributed by atoms with Crippen molar-refractivity contribution in [2.24, 2.45) is 0 Å². The molecular weight excluding hydrogens is 336 g/mol. The molecule has 134 valence electrons. The summed E-state index contributed by atoms with van der Waals surface area (Å²) in [6, 6.07) is 8.97. The van der Waals surface area contributed by atoms with E-state index in [1.807, 2.05) is 18.2 Å². The maximum Gasteiger partial charge on any atom is 0.261 e. The maximum absolute atomic E-state index is 12.3. The minimum absolute atomic E-state index is 0.0287. The summed E-state index contributed by atoms with van der Waals surface area (Å²) in [6.07, 6.45) is 3.85. The molecule has 0 aliphatic carbocycles. The number of amides is 1. The Morgan fingerprint density at radius 1 is 1.24 bits per heavy atom. The van der Waals surface area contributed by atoms with E-state index < -0.39 is 0 Å². The number of nitrogens with one attached hydrogen (secondary N) is 1. The summed E-state index contributed by atoms with van der Waals surface area (Å²) in [5.74, 6) is 0.510. The predicted molar refractivity (Wildman–Crippen MR) is 101 cm³/mol. The van der Waals surface area contributed by atoms with Crippen molar-refractivity contribution in [3.05, 3.63) is 35.2 Å². The Kier molecular flexibility index (Phi) is 5.94. The van der Waals surface area contributed by atoms with Crippen LogP contribution in [0.4, 0.5) is 0 Å². The number of ether oxygens (including phenoxy) is 1. The predicted octanol–water partition coefficient (Wildman–Crippen LogP) is 3.35. The molecule has 1 amide bonds. The second-order valence-electron chi connectivity index (χ2n) is 6.21. The topological polar surface area (TPSA) is 61.8 Å². The number of aromatic hydroxyl groups is 1. The summed E-state index contributed by atoms with van der Waals surface area (Å²) in [6.45, 7) is 3.88. The van der Waals surface area contributed by atoms with Crippen molar-refractivity contribution in [2.45, 2.75) is 19.3 Å². The third kappa shape index (κ3) is 4.52. The number of piperidine rings is 1. The Morgan fingerprint density at radius 2 is 2.04 bits per heavy atom. The average Bonchev–Trinajstić information content (AvgIpc) is 3.13. The summed E-state index contributed by atoms with van der Waals surface area (Å²) >= 11 is 1.44. The standard InChI is InChI=1S/C19H24N2O3S/c1-24-16-13-14(5-6-15(16)22)17-7-8-18(25-17)19(23)20-9-12-21-10-3-2-4-11-21/h5-8,13,22H,2-4,9-12H2,1H3,(H,20,23). The van der Waals surface area contributed by atoms with Gasteiger partial charge in [-0.3, -0.25) is 4.79 Å². The van der Waals surface area contributed by atoms with Gasteiger partial charge in [0.05, 0.1) is 12.0 Å². The molecule has 2 heterocycles. The van der Waals surface area contributed by atoms with Crippen LogP contribution in [0, 0.1) is 0 Å². The summed E-state index contributed by atoms with van der Waals surface area (Å²) in [4.78, 5) is 16.4. The van der Waals surface area contributed by atoms with Crippen molar-refractivity contribution in [1.29, 1.82) is 0 Å². The zero-order valence-electron chi connectivity index (χ0n) is 14.5. The van der Waals surface area contributed by atoms with Gasteiger partial charge in [-0.05, 0) is 61.8 Å². The number of thiophene rings is 1. The van der Waals surface area contributed by atoms with Gasteiger partial charge in [0, 0.05) is 18.0 Å². The van der Waals surface area contributed by atoms with Crippen LogP contribution in [0.3, 0.4) is 0 Å². The van der Waals surface area contributed by atoms with Crippen LogP contribution in [0.1, 0.15) is 28.9 Å². The number of benzene rings is 1. The van der Waals surface area contributed by atoms with E-state index >= 15 is 0 Å². The molecule has 1 aliphatic heterocycles. The molecule has 2 N–H and O–H groups in total. The summed E-state index contributed by atoms with van der Waals surface area (Å²) in [7, 11) is 1.52. The first-order valence-corrected chi connectivity index (χ1v) is 9.47. The molecule has 0 atom stereocenters. The third-order valence-electron chi connectivity index (χ3n) is 4.46. The Labute approximate surface area is 152 Å². The molecule has 0 spiro atoms. The fourth-order valence-electron chi connectivity index (χ4n) is 3.04. The number of carbonyl (C=O) groups is 1. The van der Waals surface area contributed by atoms with Crippen LogP contribution in [0.15, 0.2) is 30.3 Å². The Morgan fingerprint density at radius 3 is 2.80 bits per heavy atom. The lowest BCUT2D eigenvalue weighted by molar-refractivity contribution is 0.0950. The number of phenols is 1. The fourth-order valence-corrected chi connectivity index (χ4v) is 3.96. The zero-order valence-corrected chi connectivity index (χ0v) is 15.3. The molecule has 1 aromatic carbocycles. The van der Waals surface area contributed by atoms with Gasteiger partial charge < -0.3 is 20.1 Å². The molecule has 0 bridgehead atoms. The van der Waals surface area contributed by atoms with E-state index in [4.69, 9.17) is 4.74 Å². The molecular formula is C19H24N2O3S. The third-order valence-corrected chi connectivity index (χ3v) is 5.59. The zero-order chi connectivity index (χ0) is 17.6. The highest BCUT2D eigenvalue weighted by atomic mass is 32.1. The second-order valence-corrected chi connectivity index (χ2v) is 7.29. The monoisotopic (exact) mass is 360 g/mol. The van der Waals surface area contributed by atoms with Crippen LogP contribution in [-0.4, -0.2) is 49.2 Å². The lowest BCUT2D eigenvalue weighted by atomic mass is 10.1. The van der Waals surface area contributed by atoms with Crippen molar-refractivity contribution in [2.75, 3.05) is 33.3 Å². The molecule has 1 aromatic heterocycles. The van der Waals surface area contributed by atoms with Crippen LogP contribution in [0.5, 0.6) is 11.5 Å². The van der Waals surface area contributed by atoms with Gasteiger partial charge in [-0.1, -0.05) is 6.42 Å². The number of methoxy groups -OCH3 is 1. The molecule has 0 unspecified atom stereocenters.